The lowest BCUT2D eigenvalue weighted by Gasteiger charge is -2.19. The van der Waals surface area contributed by atoms with Gasteiger partial charge in [-0.15, -0.1) is 0 Å². The molecule has 0 saturated carbocycles. The highest BCUT2D eigenvalue weighted by molar-refractivity contribution is 7.22. The molecule has 0 saturated heterocycles. The van der Waals surface area contributed by atoms with E-state index in [0.29, 0.717) is 17.4 Å². The summed E-state index contributed by atoms with van der Waals surface area (Å²) in [5, 5.41) is 0.522. The van der Waals surface area contributed by atoms with Gasteiger partial charge in [0.1, 0.15) is 11.6 Å². The number of thiazole rings is 1. The molecule has 0 radical (unpaired) electrons. The van der Waals surface area contributed by atoms with Crippen LogP contribution in [0.15, 0.2) is 66.9 Å². The number of aromatic nitrogens is 2. The van der Waals surface area contributed by atoms with Gasteiger partial charge in [0, 0.05) is 11.8 Å². The number of halogens is 1. The second kappa shape index (κ2) is 8.36. The molecule has 2 aromatic carbocycles. The van der Waals surface area contributed by atoms with E-state index in [9.17, 15) is 9.18 Å². The fourth-order valence-electron chi connectivity index (χ4n) is 2.92. The molecule has 7 heteroatoms. The summed E-state index contributed by atoms with van der Waals surface area (Å²) >= 11 is 1.38. The highest BCUT2D eigenvalue weighted by Crippen LogP contribution is 2.33. The summed E-state index contributed by atoms with van der Waals surface area (Å²) in [6, 6.07) is 16.8. The number of carbonyl (C=O) groups is 1. The van der Waals surface area contributed by atoms with Gasteiger partial charge in [-0.3, -0.25) is 14.7 Å². The van der Waals surface area contributed by atoms with Crippen LogP contribution in [0.25, 0.3) is 10.2 Å². The largest absolute Gasteiger partial charge is 0.494 e. The molecule has 0 unspecified atom stereocenters. The first kappa shape index (κ1) is 19.0. The standard InChI is InChI=1S/C22H18FN3O2S/c1-2-28-18-9-10-19-20(13-18)29-22(25-19)26(14-17-8-3-4-11-24-17)21(27)15-6-5-7-16(23)12-15/h3-13H,2,14H2,1H3. The number of rotatable bonds is 6. The van der Waals surface area contributed by atoms with Crippen molar-refractivity contribution in [3.8, 4) is 5.75 Å². The van der Waals surface area contributed by atoms with Gasteiger partial charge < -0.3 is 4.74 Å². The van der Waals surface area contributed by atoms with Crippen LogP contribution in [0.5, 0.6) is 5.75 Å². The van der Waals surface area contributed by atoms with Crippen molar-refractivity contribution in [2.45, 2.75) is 13.5 Å². The Morgan fingerprint density at radius 1 is 1.14 bits per heavy atom. The Labute approximate surface area is 171 Å². The Hall–Kier alpha value is -3.32. The second-order valence-electron chi connectivity index (χ2n) is 6.28. The van der Waals surface area contributed by atoms with E-state index in [1.165, 1.54) is 34.4 Å². The summed E-state index contributed by atoms with van der Waals surface area (Å²) in [4.78, 5) is 23.7. The SMILES string of the molecule is CCOc1ccc2nc(N(Cc3ccccn3)C(=O)c3cccc(F)c3)sc2c1. The number of benzene rings is 2. The van der Waals surface area contributed by atoms with Crippen LogP contribution in [0.1, 0.15) is 23.0 Å². The topological polar surface area (TPSA) is 55.3 Å². The first-order valence-electron chi connectivity index (χ1n) is 9.15. The molecular weight excluding hydrogens is 389 g/mol. The van der Waals surface area contributed by atoms with Crippen molar-refractivity contribution in [3.63, 3.8) is 0 Å². The molecule has 0 spiro atoms. The Balaban J connectivity index is 1.75. The van der Waals surface area contributed by atoms with Crippen molar-refractivity contribution < 1.29 is 13.9 Å². The molecule has 4 aromatic rings. The van der Waals surface area contributed by atoms with E-state index in [2.05, 4.69) is 9.97 Å². The third kappa shape index (κ3) is 4.25. The zero-order valence-corrected chi connectivity index (χ0v) is 16.5. The van der Waals surface area contributed by atoms with Crippen molar-refractivity contribution in [1.82, 2.24) is 9.97 Å². The van der Waals surface area contributed by atoms with Gasteiger partial charge in [-0.2, -0.15) is 0 Å². The lowest BCUT2D eigenvalue weighted by molar-refractivity contribution is 0.0984. The summed E-state index contributed by atoms with van der Waals surface area (Å²) in [5.41, 5.74) is 1.74. The third-order valence-electron chi connectivity index (χ3n) is 4.25. The highest BCUT2D eigenvalue weighted by Gasteiger charge is 2.22. The van der Waals surface area contributed by atoms with Crippen LogP contribution in [0.2, 0.25) is 0 Å². The van der Waals surface area contributed by atoms with Gasteiger partial charge in [0.05, 0.1) is 29.1 Å². The number of ether oxygens (including phenoxy) is 1. The molecule has 4 rings (SSSR count). The molecule has 0 bridgehead atoms. The number of hydrogen-bond donors (Lipinski definition) is 0. The average molecular weight is 407 g/mol. The zero-order valence-electron chi connectivity index (χ0n) is 15.7. The van der Waals surface area contributed by atoms with Crippen LogP contribution in [0.4, 0.5) is 9.52 Å². The summed E-state index contributed by atoms with van der Waals surface area (Å²) in [5.74, 6) is -0.0403. The van der Waals surface area contributed by atoms with Crippen LogP contribution in [-0.2, 0) is 6.54 Å². The average Bonchev–Trinajstić information content (AvgIpc) is 3.15. The van der Waals surface area contributed by atoms with E-state index >= 15 is 0 Å². The van der Waals surface area contributed by atoms with E-state index in [1.807, 2.05) is 43.3 Å². The van der Waals surface area contributed by atoms with Crippen LogP contribution in [-0.4, -0.2) is 22.5 Å². The minimum absolute atomic E-state index is 0.230. The summed E-state index contributed by atoms with van der Waals surface area (Å²) < 4.78 is 20.2. The molecule has 1 amide bonds. The van der Waals surface area contributed by atoms with Crippen LogP contribution in [0.3, 0.4) is 0 Å². The van der Waals surface area contributed by atoms with Gasteiger partial charge in [0.15, 0.2) is 5.13 Å². The molecule has 29 heavy (non-hydrogen) atoms. The summed E-state index contributed by atoms with van der Waals surface area (Å²) in [7, 11) is 0. The fourth-order valence-corrected chi connectivity index (χ4v) is 3.91. The first-order chi connectivity index (χ1) is 14.1. The second-order valence-corrected chi connectivity index (χ2v) is 7.29. The fraction of sp³-hybridized carbons (Fsp3) is 0.136. The molecule has 0 aliphatic heterocycles. The lowest BCUT2D eigenvalue weighted by Crippen LogP contribution is -2.30. The first-order valence-corrected chi connectivity index (χ1v) is 9.96. The van der Waals surface area contributed by atoms with E-state index in [1.54, 1.807) is 12.3 Å². The molecule has 2 heterocycles. The lowest BCUT2D eigenvalue weighted by atomic mass is 10.2. The molecule has 0 atom stereocenters. The third-order valence-corrected chi connectivity index (χ3v) is 5.29. The number of pyridine rings is 1. The Morgan fingerprint density at radius 3 is 2.79 bits per heavy atom. The molecule has 146 valence electrons. The van der Waals surface area contributed by atoms with Crippen molar-refractivity contribution in [2.24, 2.45) is 0 Å². The number of hydrogen-bond acceptors (Lipinski definition) is 5. The van der Waals surface area contributed by atoms with E-state index in [-0.39, 0.29) is 18.0 Å². The number of anilines is 1. The number of nitrogens with zero attached hydrogens (tertiary/aromatic N) is 3. The van der Waals surface area contributed by atoms with E-state index < -0.39 is 5.82 Å². The maximum atomic E-state index is 13.7. The predicted molar refractivity (Wildman–Crippen MR) is 112 cm³/mol. The minimum atomic E-state index is -0.459. The predicted octanol–water partition coefficient (Wildman–Crippen LogP) is 5.08. The van der Waals surface area contributed by atoms with Crippen molar-refractivity contribution in [3.05, 3.63) is 83.9 Å². The summed E-state index contributed by atoms with van der Waals surface area (Å²) in [6.07, 6.45) is 1.67. The van der Waals surface area contributed by atoms with Gasteiger partial charge in [0.2, 0.25) is 0 Å². The van der Waals surface area contributed by atoms with Crippen LogP contribution >= 0.6 is 11.3 Å². The molecule has 0 aliphatic carbocycles. The van der Waals surface area contributed by atoms with Crippen LogP contribution in [0, 0.1) is 5.82 Å². The van der Waals surface area contributed by atoms with Gasteiger partial charge in [-0.05, 0) is 55.5 Å². The molecule has 0 aliphatic rings. The minimum Gasteiger partial charge on any atom is -0.494 e. The quantitative estimate of drug-likeness (QED) is 0.447. The maximum absolute atomic E-state index is 13.7. The Bertz CT molecular complexity index is 1150. The van der Waals surface area contributed by atoms with E-state index in [4.69, 9.17) is 4.74 Å². The highest BCUT2D eigenvalue weighted by atomic mass is 32.1. The monoisotopic (exact) mass is 407 g/mol. The van der Waals surface area contributed by atoms with Crippen LogP contribution < -0.4 is 9.64 Å². The van der Waals surface area contributed by atoms with Crippen molar-refractivity contribution >= 4 is 32.6 Å². The zero-order chi connectivity index (χ0) is 20.2. The maximum Gasteiger partial charge on any atom is 0.260 e. The van der Waals surface area contributed by atoms with Gasteiger partial charge in [0.25, 0.3) is 5.91 Å². The smallest absolute Gasteiger partial charge is 0.260 e. The number of fused-ring (bicyclic) bond motifs is 1. The number of carbonyl (C=O) groups excluding carboxylic acids is 1. The van der Waals surface area contributed by atoms with Gasteiger partial charge >= 0.3 is 0 Å². The molecule has 2 aromatic heterocycles. The molecule has 0 fully saturated rings. The Kier molecular flexibility index (Phi) is 5.48. The molecule has 5 nitrogen and oxygen atoms in total. The van der Waals surface area contributed by atoms with Crippen molar-refractivity contribution in [2.75, 3.05) is 11.5 Å². The normalized spacial score (nSPS) is 10.8. The Morgan fingerprint density at radius 2 is 2.03 bits per heavy atom. The summed E-state index contributed by atoms with van der Waals surface area (Å²) in [6.45, 7) is 2.73. The van der Waals surface area contributed by atoms with Gasteiger partial charge in [-0.25, -0.2) is 9.37 Å². The van der Waals surface area contributed by atoms with Crippen molar-refractivity contribution in [1.29, 1.82) is 0 Å². The molecule has 0 N–H and O–H groups in total. The van der Waals surface area contributed by atoms with E-state index in [0.717, 1.165) is 16.0 Å². The molecular formula is C22H18FN3O2S. The number of amides is 1. The van der Waals surface area contributed by atoms with Gasteiger partial charge in [-0.1, -0.05) is 23.5 Å².